The van der Waals surface area contributed by atoms with E-state index in [1.807, 2.05) is 30.3 Å². The highest BCUT2D eigenvalue weighted by molar-refractivity contribution is 5.61. The minimum absolute atomic E-state index is 0.0751. The number of hydrogen-bond donors (Lipinski definition) is 0. The van der Waals surface area contributed by atoms with Gasteiger partial charge in [-0.3, -0.25) is 4.79 Å². The predicted molar refractivity (Wildman–Crippen MR) is 84.6 cm³/mol. The molecular formula is C17H19N3O2. The lowest BCUT2D eigenvalue weighted by Crippen LogP contribution is -2.23. The van der Waals surface area contributed by atoms with Crippen molar-refractivity contribution in [3.05, 3.63) is 46.2 Å². The van der Waals surface area contributed by atoms with Gasteiger partial charge in [-0.1, -0.05) is 26.0 Å². The van der Waals surface area contributed by atoms with E-state index in [1.165, 1.54) is 4.68 Å². The van der Waals surface area contributed by atoms with E-state index in [0.29, 0.717) is 23.8 Å². The molecule has 1 aromatic heterocycles. The van der Waals surface area contributed by atoms with Crippen molar-refractivity contribution in [2.45, 2.75) is 20.3 Å². The summed E-state index contributed by atoms with van der Waals surface area (Å²) >= 11 is 0. The summed E-state index contributed by atoms with van der Waals surface area (Å²) in [6, 6.07) is 11.3. The van der Waals surface area contributed by atoms with Gasteiger partial charge in [-0.05, 0) is 24.1 Å². The van der Waals surface area contributed by atoms with Crippen LogP contribution in [-0.2, 0) is 13.5 Å². The number of nitrogens with zero attached hydrogens (tertiary/aromatic N) is 3. The first-order chi connectivity index (χ1) is 10.5. The van der Waals surface area contributed by atoms with E-state index in [1.54, 1.807) is 13.1 Å². The molecule has 1 aromatic carbocycles. The zero-order chi connectivity index (χ0) is 16.1. The van der Waals surface area contributed by atoms with Gasteiger partial charge < -0.3 is 4.74 Å². The Morgan fingerprint density at radius 1 is 1.36 bits per heavy atom. The van der Waals surface area contributed by atoms with Gasteiger partial charge in [0.15, 0.2) is 0 Å². The molecule has 0 unspecified atom stereocenters. The maximum absolute atomic E-state index is 11.9. The van der Waals surface area contributed by atoms with E-state index in [2.05, 4.69) is 18.9 Å². The maximum Gasteiger partial charge on any atom is 0.270 e. The molecule has 0 aliphatic heterocycles. The molecule has 2 rings (SSSR count). The molecule has 0 aliphatic rings. The fourth-order valence-corrected chi connectivity index (χ4v) is 2.03. The summed E-state index contributed by atoms with van der Waals surface area (Å²) in [5, 5.41) is 13.1. The standard InChI is InChI=1S/C17H19N3O2/c1-12(2)11-22-15-6-4-5-13(9-15)16-10-14(7-8-18)17(21)20(3)19-16/h4-6,9-10,12H,7,11H2,1-3H3. The number of aryl methyl sites for hydroxylation is 1. The van der Waals surface area contributed by atoms with Gasteiger partial charge in [0.25, 0.3) is 5.56 Å². The molecule has 0 atom stereocenters. The van der Waals surface area contributed by atoms with Gasteiger partial charge in [0.1, 0.15) is 5.75 Å². The monoisotopic (exact) mass is 297 g/mol. The van der Waals surface area contributed by atoms with Gasteiger partial charge in [-0.2, -0.15) is 10.4 Å². The zero-order valence-corrected chi connectivity index (χ0v) is 13.0. The summed E-state index contributed by atoms with van der Waals surface area (Å²) in [5.74, 6) is 1.21. The van der Waals surface area contributed by atoms with Crippen molar-refractivity contribution in [3.63, 3.8) is 0 Å². The van der Waals surface area contributed by atoms with E-state index in [9.17, 15) is 4.79 Å². The first-order valence-corrected chi connectivity index (χ1v) is 7.18. The first kappa shape index (κ1) is 15.8. The van der Waals surface area contributed by atoms with Crippen molar-refractivity contribution in [2.75, 3.05) is 6.61 Å². The lowest BCUT2D eigenvalue weighted by Gasteiger charge is -2.10. The summed E-state index contributed by atoms with van der Waals surface area (Å²) in [7, 11) is 1.59. The lowest BCUT2D eigenvalue weighted by molar-refractivity contribution is 0.271. The fraction of sp³-hybridized carbons (Fsp3) is 0.353. The molecular weight excluding hydrogens is 278 g/mol. The van der Waals surface area contributed by atoms with Crippen LogP contribution in [0.4, 0.5) is 0 Å². The molecule has 5 heteroatoms. The van der Waals surface area contributed by atoms with Gasteiger partial charge in [0.05, 0.1) is 24.8 Å². The zero-order valence-electron chi connectivity index (χ0n) is 13.0. The molecule has 0 bridgehead atoms. The third-order valence-electron chi connectivity index (χ3n) is 3.12. The summed E-state index contributed by atoms with van der Waals surface area (Å²) in [6.45, 7) is 4.82. The smallest absolute Gasteiger partial charge is 0.270 e. The minimum Gasteiger partial charge on any atom is -0.493 e. The quantitative estimate of drug-likeness (QED) is 0.850. The molecule has 0 saturated carbocycles. The molecule has 0 spiro atoms. The summed E-state index contributed by atoms with van der Waals surface area (Å²) < 4.78 is 6.98. The van der Waals surface area contributed by atoms with Crippen LogP contribution in [0.1, 0.15) is 19.4 Å². The molecule has 0 amide bonds. The van der Waals surface area contributed by atoms with Crippen LogP contribution in [0.25, 0.3) is 11.3 Å². The van der Waals surface area contributed by atoms with Crippen LogP contribution in [0.5, 0.6) is 5.75 Å². The van der Waals surface area contributed by atoms with Crippen molar-refractivity contribution in [2.24, 2.45) is 13.0 Å². The molecule has 0 saturated heterocycles. The number of ether oxygens (including phenoxy) is 1. The SMILES string of the molecule is CC(C)COc1cccc(-c2cc(CC#N)c(=O)n(C)n2)c1. The van der Waals surface area contributed by atoms with Crippen LogP contribution in [0.15, 0.2) is 35.1 Å². The molecule has 5 nitrogen and oxygen atoms in total. The van der Waals surface area contributed by atoms with E-state index in [-0.39, 0.29) is 12.0 Å². The minimum atomic E-state index is -0.238. The van der Waals surface area contributed by atoms with Crippen molar-refractivity contribution in [3.8, 4) is 23.1 Å². The normalized spacial score (nSPS) is 10.5. The average Bonchev–Trinajstić information content (AvgIpc) is 2.50. The van der Waals surface area contributed by atoms with Crippen molar-refractivity contribution in [1.82, 2.24) is 9.78 Å². The van der Waals surface area contributed by atoms with Gasteiger partial charge >= 0.3 is 0 Å². The molecule has 1 heterocycles. The Hall–Kier alpha value is -2.61. The van der Waals surface area contributed by atoms with E-state index < -0.39 is 0 Å². The third-order valence-corrected chi connectivity index (χ3v) is 3.12. The molecule has 22 heavy (non-hydrogen) atoms. The molecule has 2 aromatic rings. The second-order valence-electron chi connectivity index (χ2n) is 5.55. The number of hydrogen-bond acceptors (Lipinski definition) is 4. The Bertz CT molecular complexity index is 757. The number of nitriles is 1. The van der Waals surface area contributed by atoms with E-state index in [0.717, 1.165) is 11.3 Å². The van der Waals surface area contributed by atoms with Gasteiger partial charge in [-0.15, -0.1) is 0 Å². The second kappa shape index (κ2) is 6.90. The number of aromatic nitrogens is 2. The van der Waals surface area contributed by atoms with E-state index in [4.69, 9.17) is 10.00 Å². The largest absolute Gasteiger partial charge is 0.493 e. The summed E-state index contributed by atoms with van der Waals surface area (Å²) in [5.41, 5.74) is 1.72. The highest BCUT2D eigenvalue weighted by Crippen LogP contribution is 2.22. The van der Waals surface area contributed by atoms with E-state index >= 15 is 0 Å². The van der Waals surface area contributed by atoms with Crippen LogP contribution in [-0.4, -0.2) is 16.4 Å². The van der Waals surface area contributed by atoms with Gasteiger partial charge in [0.2, 0.25) is 0 Å². The predicted octanol–water partition coefficient (Wildman–Crippen LogP) is 2.55. The Morgan fingerprint density at radius 2 is 2.14 bits per heavy atom. The second-order valence-corrected chi connectivity index (χ2v) is 5.55. The van der Waals surface area contributed by atoms with Gasteiger partial charge in [0, 0.05) is 18.2 Å². The van der Waals surface area contributed by atoms with Crippen LogP contribution in [0.2, 0.25) is 0 Å². The molecule has 0 radical (unpaired) electrons. The van der Waals surface area contributed by atoms with Gasteiger partial charge in [-0.25, -0.2) is 4.68 Å². The Morgan fingerprint density at radius 3 is 2.82 bits per heavy atom. The van der Waals surface area contributed by atoms with Crippen LogP contribution < -0.4 is 10.3 Å². The number of benzene rings is 1. The fourth-order valence-electron chi connectivity index (χ4n) is 2.03. The topological polar surface area (TPSA) is 67.9 Å². The highest BCUT2D eigenvalue weighted by atomic mass is 16.5. The molecule has 0 aliphatic carbocycles. The Balaban J connectivity index is 2.38. The van der Waals surface area contributed by atoms with Crippen LogP contribution >= 0.6 is 0 Å². The van der Waals surface area contributed by atoms with Crippen LogP contribution in [0.3, 0.4) is 0 Å². The average molecular weight is 297 g/mol. The highest BCUT2D eigenvalue weighted by Gasteiger charge is 2.09. The van der Waals surface area contributed by atoms with Crippen molar-refractivity contribution < 1.29 is 4.74 Å². The maximum atomic E-state index is 11.9. The van der Waals surface area contributed by atoms with Crippen molar-refractivity contribution in [1.29, 1.82) is 5.26 Å². The number of rotatable bonds is 5. The first-order valence-electron chi connectivity index (χ1n) is 7.18. The lowest BCUT2D eigenvalue weighted by atomic mass is 10.1. The summed E-state index contributed by atoms with van der Waals surface area (Å²) in [6.07, 6.45) is 0.0751. The van der Waals surface area contributed by atoms with Crippen LogP contribution in [0, 0.1) is 17.2 Å². The molecule has 0 N–H and O–H groups in total. The Labute approximate surface area is 129 Å². The molecule has 0 fully saturated rings. The molecule has 114 valence electrons. The third kappa shape index (κ3) is 3.73. The summed E-state index contributed by atoms with van der Waals surface area (Å²) in [4.78, 5) is 11.9. The van der Waals surface area contributed by atoms with Crippen molar-refractivity contribution >= 4 is 0 Å². The Kier molecular flexibility index (Phi) is 4.95.